The van der Waals surface area contributed by atoms with Crippen LogP contribution in [0, 0.1) is 5.92 Å². The van der Waals surface area contributed by atoms with Crippen molar-refractivity contribution in [2.24, 2.45) is 5.92 Å². The first-order valence-electron chi connectivity index (χ1n) is 4.96. The Bertz CT molecular complexity index is 243. The van der Waals surface area contributed by atoms with Crippen molar-refractivity contribution in [2.75, 3.05) is 13.2 Å². The summed E-state index contributed by atoms with van der Waals surface area (Å²) in [7, 11) is 0. The number of esters is 1. The minimum Gasteiger partial charge on any atom is -0.465 e. The number of ether oxygens (including phenoxy) is 1. The van der Waals surface area contributed by atoms with Gasteiger partial charge in [0.2, 0.25) is 0 Å². The fourth-order valence-corrected chi connectivity index (χ4v) is 2.66. The molecule has 0 aromatic rings. The maximum Gasteiger partial charge on any atom is 0.313 e. The van der Waals surface area contributed by atoms with Gasteiger partial charge >= 0.3 is 5.97 Å². The summed E-state index contributed by atoms with van der Waals surface area (Å²) in [5.74, 6) is -0.0538. The maximum absolute atomic E-state index is 11.5. The van der Waals surface area contributed by atoms with E-state index in [0.717, 1.165) is 25.8 Å². The lowest BCUT2D eigenvalue weighted by molar-refractivity contribution is -0.171. The normalized spacial score (nSPS) is 44.3. The Hall–Kier alpha value is -0.610. The van der Waals surface area contributed by atoms with Crippen LogP contribution in [0.25, 0.3) is 0 Å². The highest BCUT2D eigenvalue weighted by Gasteiger charge is 2.51. The first kappa shape index (κ1) is 7.76. The molecular weight excluding hydrogens is 170 g/mol. The van der Waals surface area contributed by atoms with E-state index in [0.29, 0.717) is 12.6 Å². The van der Waals surface area contributed by atoms with Gasteiger partial charge in [0.05, 0.1) is 18.8 Å². The van der Waals surface area contributed by atoms with E-state index in [9.17, 15) is 4.79 Å². The maximum atomic E-state index is 11.5. The lowest BCUT2D eigenvalue weighted by Crippen LogP contribution is -2.38. The molecule has 3 saturated heterocycles. The van der Waals surface area contributed by atoms with Crippen molar-refractivity contribution in [1.29, 1.82) is 0 Å². The lowest BCUT2D eigenvalue weighted by Gasteiger charge is -2.23. The molecule has 0 aromatic carbocycles. The van der Waals surface area contributed by atoms with Gasteiger partial charge in [0.25, 0.3) is 0 Å². The fraction of sp³-hybridized carbons (Fsp3) is 0.889. The van der Waals surface area contributed by atoms with Crippen molar-refractivity contribution < 1.29 is 14.4 Å². The van der Waals surface area contributed by atoms with E-state index < -0.39 is 0 Å². The van der Waals surface area contributed by atoms with E-state index in [1.54, 1.807) is 0 Å². The van der Waals surface area contributed by atoms with Crippen molar-refractivity contribution >= 4 is 5.97 Å². The molecule has 0 saturated carbocycles. The monoisotopic (exact) mass is 183 g/mol. The lowest BCUT2D eigenvalue weighted by atomic mass is 9.90. The van der Waals surface area contributed by atoms with E-state index in [1.807, 2.05) is 5.06 Å². The molecule has 0 N–H and O–H groups in total. The summed E-state index contributed by atoms with van der Waals surface area (Å²) in [4.78, 5) is 17.2. The average Bonchev–Trinajstić information content (AvgIpc) is 2.62. The van der Waals surface area contributed by atoms with Crippen LogP contribution in [0.15, 0.2) is 0 Å². The Balaban J connectivity index is 1.86. The third kappa shape index (κ3) is 1.02. The standard InChI is InChI=1S/C9H13NO3/c11-9-8-6-2-1-4-10(6)13-7(8)3-5-12-9/h6-8H,1-5H2/t6-,7+,8+/m0/s1. The van der Waals surface area contributed by atoms with Crippen LogP contribution in [-0.2, 0) is 14.4 Å². The minimum absolute atomic E-state index is 0.00347. The molecule has 72 valence electrons. The van der Waals surface area contributed by atoms with Gasteiger partial charge in [-0.15, -0.1) is 0 Å². The van der Waals surface area contributed by atoms with Gasteiger partial charge in [-0.3, -0.25) is 9.63 Å². The smallest absolute Gasteiger partial charge is 0.313 e. The van der Waals surface area contributed by atoms with Crippen molar-refractivity contribution in [3.8, 4) is 0 Å². The predicted molar refractivity (Wildman–Crippen MR) is 43.7 cm³/mol. The Kier molecular flexibility index (Phi) is 1.60. The predicted octanol–water partition coefficient (Wildman–Crippen LogP) is 0.328. The molecule has 4 heteroatoms. The number of hydrogen-bond donors (Lipinski definition) is 0. The fourth-order valence-electron chi connectivity index (χ4n) is 2.66. The molecule has 0 spiro atoms. The van der Waals surface area contributed by atoms with Gasteiger partial charge in [-0.25, -0.2) is 0 Å². The van der Waals surface area contributed by atoms with Gasteiger partial charge in [0, 0.05) is 13.0 Å². The molecule has 3 fully saturated rings. The van der Waals surface area contributed by atoms with Gasteiger partial charge in [0.1, 0.15) is 5.92 Å². The highest BCUT2D eigenvalue weighted by Crippen LogP contribution is 2.38. The minimum atomic E-state index is -0.0503. The molecule has 3 heterocycles. The summed E-state index contributed by atoms with van der Waals surface area (Å²) in [5, 5.41) is 1.99. The van der Waals surface area contributed by atoms with Crippen molar-refractivity contribution in [1.82, 2.24) is 5.06 Å². The van der Waals surface area contributed by atoms with Crippen LogP contribution >= 0.6 is 0 Å². The van der Waals surface area contributed by atoms with Gasteiger partial charge in [-0.1, -0.05) is 0 Å². The Morgan fingerprint density at radius 1 is 1.38 bits per heavy atom. The zero-order valence-corrected chi connectivity index (χ0v) is 7.44. The average molecular weight is 183 g/mol. The highest BCUT2D eigenvalue weighted by molar-refractivity contribution is 5.75. The van der Waals surface area contributed by atoms with Crippen LogP contribution in [0.1, 0.15) is 19.3 Å². The molecule has 3 aliphatic heterocycles. The zero-order valence-electron chi connectivity index (χ0n) is 7.44. The van der Waals surface area contributed by atoms with Crippen LogP contribution in [0.3, 0.4) is 0 Å². The number of fused-ring (bicyclic) bond motifs is 3. The quantitative estimate of drug-likeness (QED) is 0.507. The van der Waals surface area contributed by atoms with Crippen LogP contribution in [-0.4, -0.2) is 36.3 Å². The third-order valence-electron chi connectivity index (χ3n) is 3.25. The number of cyclic esters (lactones) is 1. The second-order valence-electron chi connectivity index (χ2n) is 3.98. The highest BCUT2D eigenvalue weighted by atomic mass is 16.7. The Labute approximate surface area is 76.7 Å². The van der Waals surface area contributed by atoms with Crippen LogP contribution in [0.4, 0.5) is 0 Å². The van der Waals surface area contributed by atoms with Gasteiger partial charge in [-0.05, 0) is 12.8 Å². The van der Waals surface area contributed by atoms with E-state index >= 15 is 0 Å². The second kappa shape index (κ2) is 2.69. The van der Waals surface area contributed by atoms with Crippen LogP contribution < -0.4 is 0 Å². The van der Waals surface area contributed by atoms with E-state index in [-0.39, 0.29) is 18.0 Å². The van der Waals surface area contributed by atoms with E-state index in [1.165, 1.54) is 0 Å². The second-order valence-corrected chi connectivity index (χ2v) is 3.98. The number of hydroxylamine groups is 2. The van der Waals surface area contributed by atoms with E-state index in [2.05, 4.69) is 0 Å². The molecule has 3 rings (SSSR count). The van der Waals surface area contributed by atoms with Crippen molar-refractivity contribution in [3.05, 3.63) is 0 Å². The number of rotatable bonds is 0. The molecule has 4 nitrogen and oxygen atoms in total. The molecule has 0 bridgehead atoms. The van der Waals surface area contributed by atoms with Gasteiger partial charge < -0.3 is 4.74 Å². The molecule has 0 aromatic heterocycles. The van der Waals surface area contributed by atoms with E-state index in [4.69, 9.17) is 9.57 Å². The molecule has 0 aliphatic carbocycles. The third-order valence-corrected chi connectivity index (χ3v) is 3.25. The Morgan fingerprint density at radius 3 is 3.23 bits per heavy atom. The molecule has 3 atom stereocenters. The first-order valence-corrected chi connectivity index (χ1v) is 4.96. The van der Waals surface area contributed by atoms with Gasteiger partial charge in [-0.2, -0.15) is 5.06 Å². The van der Waals surface area contributed by atoms with Crippen molar-refractivity contribution in [2.45, 2.75) is 31.4 Å². The zero-order chi connectivity index (χ0) is 8.84. The Morgan fingerprint density at radius 2 is 2.31 bits per heavy atom. The number of hydrogen-bond acceptors (Lipinski definition) is 4. The molecule has 13 heavy (non-hydrogen) atoms. The molecule has 3 aliphatic rings. The molecule has 0 amide bonds. The molecule has 0 unspecified atom stereocenters. The molecular formula is C9H13NO3. The summed E-state index contributed by atoms with van der Waals surface area (Å²) in [6.07, 6.45) is 3.19. The summed E-state index contributed by atoms with van der Waals surface area (Å²) in [6.45, 7) is 1.51. The van der Waals surface area contributed by atoms with Gasteiger partial charge in [0.15, 0.2) is 0 Å². The van der Waals surface area contributed by atoms with Crippen LogP contribution in [0.5, 0.6) is 0 Å². The largest absolute Gasteiger partial charge is 0.465 e. The first-order chi connectivity index (χ1) is 6.36. The molecule has 0 radical (unpaired) electrons. The number of nitrogens with zero attached hydrogens (tertiary/aromatic N) is 1. The number of carbonyl (C=O) groups is 1. The summed E-state index contributed by atoms with van der Waals surface area (Å²) in [6, 6.07) is 0.304. The SMILES string of the molecule is O=C1OCC[C@H]2ON3CCC[C@H]3[C@@H]12. The number of carbonyl (C=O) groups excluding carboxylic acids is 1. The van der Waals surface area contributed by atoms with Crippen LogP contribution in [0.2, 0.25) is 0 Å². The summed E-state index contributed by atoms with van der Waals surface area (Å²) < 4.78 is 5.05. The van der Waals surface area contributed by atoms with Crippen molar-refractivity contribution in [3.63, 3.8) is 0 Å². The summed E-state index contributed by atoms with van der Waals surface area (Å²) in [5.41, 5.74) is 0. The topological polar surface area (TPSA) is 38.8 Å². The summed E-state index contributed by atoms with van der Waals surface area (Å²) >= 11 is 0.